The number of ketones is 1. The van der Waals surface area contributed by atoms with Crippen LogP contribution in [0.1, 0.15) is 26.3 Å². The van der Waals surface area contributed by atoms with E-state index >= 15 is 0 Å². The summed E-state index contributed by atoms with van der Waals surface area (Å²) in [7, 11) is 0. The van der Waals surface area contributed by atoms with E-state index in [1.165, 1.54) is 0 Å². The molecule has 0 heterocycles. The molecule has 0 aliphatic carbocycles. The highest BCUT2D eigenvalue weighted by molar-refractivity contribution is 5.85. The number of rotatable bonds is 2. The first-order valence-electron chi connectivity index (χ1n) is 4.57. The van der Waals surface area contributed by atoms with Gasteiger partial charge in [-0.25, -0.2) is 0 Å². The number of Topliss-reactive ketones (excluding diaryl/α,β-unsaturated/α-hetero) is 1. The smallest absolute Gasteiger partial charge is 0.142 e. The van der Waals surface area contributed by atoms with Crippen molar-refractivity contribution in [1.82, 2.24) is 0 Å². The van der Waals surface area contributed by atoms with Gasteiger partial charge in [0, 0.05) is 11.8 Å². The molecule has 0 saturated heterocycles. The molecule has 1 aromatic rings. The van der Waals surface area contributed by atoms with Gasteiger partial charge in [-0.1, -0.05) is 51.1 Å². The Balaban J connectivity index is 2.66. The lowest BCUT2D eigenvalue weighted by molar-refractivity contribution is -0.125. The summed E-state index contributed by atoms with van der Waals surface area (Å²) in [5.41, 5.74) is 0.873. The molecule has 1 aromatic carbocycles. The zero-order chi connectivity index (χ0) is 9.90. The summed E-state index contributed by atoms with van der Waals surface area (Å²) >= 11 is 0. The highest BCUT2D eigenvalue weighted by Gasteiger charge is 2.20. The van der Waals surface area contributed by atoms with Crippen molar-refractivity contribution in [3.05, 3.63) is 35.9 Å². The molecule has 0 radical (unpaired) electrons. The van der Waals surface area contributed by atoms with Crippen molar-refractivity contribution in [3.8, 4) is 0 Å². The lowest BCUT2D eigenvalue weighted by atomic mass is 9.87. The average Bonchev–Trinajstić information content (AvgIpc) is 2.04. The van der Waals surface area contributed by atoms with E-state index in [9.17, 15) is 4.79 Å². The molecule has 0 unspecified atom stereocenters. The summed E-state index contributed by atoms with van der Waals surface area (Å²) in [5, 5.41) is 0. The van der Waals surface area contributed by atoms with Gasteiger partial charge < -0.3 is 0 Å². The molecule has 0 N–H and O–H groups in total. The van der Waals surface area contributed by atoms with E-state index in [0.717, 1.165) is 5.56 Å². The fourth-order valence-corrected chi connectivity index (χ4v) is 1.05. The van der Waals surface area contributed by atoms with Crippen LogP contribution in [0.3, 0.4) is 0 Å². The molecule has 0 aromatic heterocycles. The van der Waals surface area contributed by atoms with E-state index in [1.54, 1.807) is 0 Å². The quantitative estimate of drug-likeness (QED) is 0.677. The minimum Gasteiger partial charge on any atom is -0.299 e. The summed E-state index contributed by atoms with van der Waals surface area (Å²) in [4.78, 5) is 11.6. The summed E-state index contributed by atoms with van der Waals surface area (Å²) < 4.78 is 0. The van der Waals surface area contributed by atoms with Gasteiger partial charge in [0.2, 0.25) is 0 Å². The maximum Gasteiger partial charge on any atom is 0.142 e. The van der Waals surface area contributed by atoms with E-state index in [0.29, 0.717) is 12.2 Å². The first kappa shape index (κ1) is 9.97. The molecule has 13 heavy (non-hydrogen) atoms. The van der Waals surface area contributed by atoms with Crippen LogP contribution in [-0.4, -0.2) is 5.78 Å². The molecule has 0 fully saturated rings. The molecule has 1 rings (SSSR count). The minimum atomic E-state index is -0.226. The van der Waals surface area contributed by atoms with Gasteiger partial charge in [-0.15, -0.1) is 0 Å². The Bertz CT molecular complexity index is 280. The molecular weight excluding hydrogens is 160 g/mol. The van der Waals surface area contributed by atoms with Crippen molar-refractivity contribution in [2.75, 3.05) is 0 Å². The number of carbonyl (C=O) groups is 1. The number of hydrogen-bond acceptors (Lipinski definition) is 1. The molecule has 1 nitrogen and oxygen atoms in total. The first-order valence-corrected chi connectivity index (χ1v) is 4.57. The third-order valence-electron chi connectivity index (χ3n) is 2.04. The van der Waals surface area contributed by atoms with Crippen LogP contribution < -0.4 is 0 Å². The fourth-order valence-electron chi connectivity index (χ4n) is 1.05. The minimum absolute atomic E-state index is 0.226. The maximum absolute atomic E-state index is 11.6. The Morgan fingerprint density at radius 1 is 1.15 bits per heavy atom. The van der Waals surface area contributed by atoms with E-state index in [2.05, 4.69) is 0 Å². The van der Waals surface area contributed by atoms with Crippen molar-refractivity contribution in [2.45, 2.75) is 27.2 Å². The van der Waals surface area contributed by atoms with Gasteiger partial charge in [0.05, 0.1) is 0 Å². The predicted octanol–water partition coefficient (Wildman–Crippen LogP) is 2.84. The third kappa shape index (κ3) is 3.02. The van der Waals surface area contributed by atoms with Crippen LogP contribution in [0.15, 0.2) is 30.3 Å². The molecule has 70 valence electrons. The van der Waals surface area contributed by atoms with Crippen LogP contribution in [0.4, 0.5) is 0 Å². The standard InChI is InChI=1S/C12H16O/c1-12(2,3)11(13)9-10-7-5-4-6-8-10/h4-8H,9H2,1-3H3. The Morgan fingerprint density at radius 2 is 1.69 bits per heavy atom. The number of carbonyl (C=O) groups excluding carboxylic acids is 1. The molecule has 0 bridgehead atoms. The van der Waals surface area contributed by atoms with Gasteiger partial charge in [-0.05, 0) is 5.56 Å². The SMILES string of the molecule is CC(C)(C)C(=O)Cc1ccccc1. The molecule has 0 aliphatic heterocycles. The van der Waals surface area contributed by atoms with Crippen molar-refractivity contribution in [1.29, 1.82) is 0 Å². The topological polar surface area (TPSA) is 17.1 Å². The number of benzene rings is 1. The summed E-state index contributed by atoms with van der Waals surface area (Å²) in [6.45, 7) is 5.87. The van der Waals surface area contributed by atoms with E-state index in [1.807, 2.05) is 51.1 Å². The van der Waals surface area contributed by atoms with Gasteiger partial charge in [0.25, 0.3) is 0 Å². The summed E-state index contributed by atoms with van der Waals surface area (Å²) in [6.07, 6.45) is 0.546. The lowest BCUT2D eigenvalue weighted by Gasteiger charge is -2.16. The molecule has 0 saturated carbocycles. The van der Waals surface area contributed by atoms with Crippen LogP contribution in [0.25, 0.3) is 0 Å². The summed E-state index contributed by atoms with van der Waals surface area (Å²) in [5.74, 6) is 0.290. The number of hydrogen-bond donors (Lipinski definition) is 0. The monoisotopic (exact) mass is 176 g/mol. The Kier molecular flexibility index (Phi) is 2.86. The van der Waals surface area contributed by atoms with Crippen molar-refractivity contribution in [3.63, 3.8) is 0 Å². The largest absolute Gasteiger partial charge is 0.299 e. The van der Waals surface area contributed by atoms with Crippen LogP contribution in [0.2, 0.25) is 0 Å². The van der Waals surface area contributed by atoms with Crippen molar-refractivity contribution >= 4 is 5.78 Å². The Morgan fingerprint density at radius 3 is 2.15 bits per heavy atom. The van der Waals surface area contributed by atoms with Crippen LogP contribution in [-0.2, 0) is 11.2 Å². The highest BCUT2D eigenvalue weighted by atomic mass is 16.1. The fraction of sp³-hybridized carbons (Fsp3) is 0.417. The maximum atomic E-state index is 11.6. The van der Waals surface area contributed by atoms with Crippen LogP contribution >= 0.6 is 0 Å². The van der Waals surface area contributed by atoms with Gasteiger partial charge in [0.1, 0.15) is 5.78 Å². The highest BCUT2D eigenvalue weighted by Crippen LogP contribution is 2.17. The summed E-state index contributed by atoms with van der Waals surface area (Å²) in [6, 6.07) is 9.87. The zero-order valence-electron chi connectivity index (χ0n) is 8.50. The van der Waals surface area contributed by atoms with Crippen molar-refractivity contribution < 1.29 is 4.79 Å². The molecule has 0 aliphatic rings. The first-order chi connectivity index (χ1) is 6.00. The van der Waals surface area contributed by atoms with Gasteiger partial charge in [0.15, 0.2) is 0 Å². The van der Waals surface area contributed by atoms with E-state index < -0.39 is 0 Å². The van der Waals surface area contributed by atoms with E-state index in [-0.39, 0.29) is 5.41 Å². The average molecular weight is 176 g/mol. The Hall–Kier alpha value is -1.11. The molecule has 0 spiro atoms. The van der Waals surface area contributed by atoms with Crippen molar-refractivity contribution in [2.24, 2.45) is 5.41 Å². The lowest BCUT2D eigenvalue weighted by Crippen LogP contribution is -2.21. The van der Waals surface area contributed by atoms with E-state index in [4.69, 9.17) is 0 Å². The van der Waals surface area contributed by atoms with Gasteiger partial charge >= 0.3 is 0 Å². The second kappa shape index (κ2) is 3.73. The molecule has 0 atom stereocenters. The third-order valence-corrected chi connectivity index (χ3v) is 2.04. The molecular formula is C12H16O. The predicted molar refractivity (Wildman–Crippen MR) is 54.6 cm³/mol. The normalized spacial score (nSPS) is 11.3. The Labute approximate surface area is 79.8 Å². The second-order valence-corrected chi connectivity index (χ2v) is 4.34. The van der Waals surface area contributed by atoms with Crippen LogP contribution in [0, 0.1) is 5.41 Å². The molecule has 0 amide bonds. The molecule has 1 heteroatoms. The van der Waals surface area contributed by atoms with Crippen LogP contribution in [0.5, 0.6) is 0 Å². The second-order valence-electron chi connectivity index (χ2n) is 4.34. The van der Waals surface area contributed by atoms with Gasteiger partial charge in [-0.2, -0.15) is 0 Å². The zero-order valence-corrected chi connectivity index (χ0v) is 8.50. The van der Waals surface area contributed by atoms with Gasteiger partial charge in [-0.3, -0.25) is 4.79 Å².